The number of rotatable bonds is 2. The van der Waals surface area contributed by atoms with Crippen LogP contribution < -0.4 is 0 Å². The van der Waals surface area contributed by atoms with Crippen LogP contribution in [0.15, 0.2) is 43.5 Å². The lowest BCUT2D eigenvalue weighted by atomic mass is 9.97. The molecule has 0 saturated carbocycles. The fourth-order valence-electron chi connectivity index (χ4n) is 1.94. The van der Waals surface area contributed by atoms with Crippen molar-refractivity contribution in [3.05, 3.63) is 60.2 Å². The van der Waals surface area contributed by atoms with Crippen molar-refractivity contribution >= 4 is 22.9 Å². The number of hydrogen-bond donors (Lipinski definition) is 0. The first-order chi connectivity index (χ1) is 7.26. The van der Waals surface area contributed by atoms with Gasteiger partial charge in [0, 0.05) is 0 Å². The summed E-state index contributed by atoms with van der Waals surface area (Å²) < 4.78 is 0. The minimum atomic E-state index is 1.18. The van der Waals surface area contributed by atoms with Gasteiger partial charge in [-0.15, -0.1) is 0 Å². The number of benzene rings is 2. The maximum atomic E-state index is 3.85. The Balaban J connectivity index is 2.94. The minimum Gasteiger partial charge on any atom is -0.0984 e. The molecule has 0 heterocycles. The standard InChI is InChI=1S/C15H14/c1-4-12-7-6-8-14-13(5-2)9-11(3)10-15(12)14/h4-10H,1-2H2,3H3. The molecule has 0 fully saturated rings. The molecule has 0 spiro atoms. The Hall–Kier alpha value is -1.82. The van der Waals surface area contributed by atoms with Crippen LogP contribution in [0.2, 0.25) is 0 Å². The lowest BCUT2D eigenvalue weighted by Gasteiger charge is -2.07. The summed E-state index contributed by atoms with van der Waals surface area (Å²) in [5, 5.41) is 2.50. The van der Waals surface area contributed by atoms with Crippen LogP contribution in [-0.4, -0.2) is 0 Å². The molecule has 0 atom stereocenters. The van der Waals surface area contributed by atoms with Crippen LogP contribution in [0, 0.1) is 6.92 Å². The summed E-state index contributed by atoms with van der Waals surface area (Å²) in [6.07, 6.45) is 3.80. The highest BCUT2D eigenvalue weighted by Crippen LogP contribution is 2.25. The summed E-state index contributed by atoms with van der Waals surface area (Å²) in [5.41, 5.74) is 3.62. The van der Waals surface area contributed by atoms with Gasteiger partial charge in [0.05, 0.1) is 0 Å². The molecule has 2 aromatic rings. The molecule has 0 aliphatic heterocycles. The highest BCUT2D eigenvalue weighted by Gasteiger charge is 2.02. The van der Waals surface area contributed by atoms with Gasteiger partial charge >= 0.3 is 0 Å². The van der Waals surface area contributed by atoms with Crippen molar-refractivity contribution in [2.45, 2.75) is 6.92 Å². The largest absolute Gasteiger partial charge is 0.0984 e. The third kappa shape index (κ3) is 1.59. The SMILES string of the molecule is C=Cc1cc(C)cc2c(C=C)cccc12. The zero-order valence-electron chi connectivity index (χ0n) is 8.96. The van der Waals surface area contributed by atoms with Gasteiger partial charge < -0.3 is 0 Å². The van der Waals surface area contributed by atoms with E-state index in [1.165, 1.54) is 27.5 Å². The van der Waals surface area contributed by atoms with Gasteiger partial charge in [0.1, 0.15) is 0 Å². The molecule has 15 heavy (non-hydrogen) atoms. The quantitative estimate of drug-likeness (QED) is 0.663. The van der Waals surface area contributed by atoms with Gasteiger partial charge in [0.2, 0.25) is 0 Å². The molecule has 0 aliphatic rings. The summed E-state index contributed by atoms with van der Waals surface area (Å²) in [4.78, 5) is 0. The Bertz CT molecular complexity index is 533. The average Bonchev–Trinajstić information content (AvgIpc) is 2.27. The summed E-state index contributed by atoms with van der Waals surface area (Å²) in [7, 11) is 0. The van der Waals surface area contributed by atoms with Gasteiger partial charge in [-0.05, 0) is 34.4 Å². The van der Waals surface area contributed by atoms with E-state index in [1.807, 2.05) is 12.2 Å². The third-order valence-corrected chi connectivity index (χ3v) is 2.65. The first-order valence-corrected chi connectivity index (χ1v) is 5.04. The molecule has 0 bridgehead atoms. The van der Waals surface area contributed by atoms with E-state index in [0.717, 1.165) is 0 Å². The molecule has 0 nitrogen and oxygen atoms in total. The second-order valence-corrected chi connectivity index (χ2v) is 3.70. The molecule has 0 unspecified atom stereocenters. The summed E-state index contributed by atoms with van der Waals surface area (Å²) in [5.74, 6) is 0. The smallest absolute Gasteiger partial charge is 0.0103 e. The van der Waals surface area contributed by atoms with Gasteiger partial charge in [-0.1, -0.05) is 55.6 Å². The molecular formula is C15H14. The molecule has 0 aromatic heterocycles. The van der Waals surface area contributed by atoms with Gasteiger partial charge in [-0.3, -0.25) is 0 Å². The molecule has 0 N–H and O–H groups in total. The fourth-order valence-corrected chi connectivity index (χ4v) is 1.94. The molecule has 0 radical (unpaired) electrons. The molecule has 0 amide bonds. The average molecular weight is 194 g/mol. The highest BCUT2D eigenvalue weighted by atomic mass is 14.1. The van der Waals surface area contributed by atoms with E-state index in [1.54, 1.807) is 0 Å². The first-order valence-electron chi connectivity index (χ1n) is 5.04. The molecule has 0 heteroatoms. The molecule has 0 aliphatic carbocycles. The third-order valence-electron chi connectivity index (χ3n) is 2.65. The first kappa shape index (κ1) is 9.72. The lowest BCUT2D eigenvalue weighted by molar-refractivity contribution is 1.49. The van der Waals surface area contributed by atoms with Crippen molar-refractivity contribution in [3.8, 4) is 0 Å². The molecular weight excluding hydrogens is 180 g/mol. The van der Waals surface area contributed by atoms with Crippen molar-refractivity contribution in [3.63, 3.8) is 0 Å². The minimum absolute atomic E-state index is 1.18. The number of hydrogen-bond acceptors (Lipinski definition) is 0. The van der Waals surface area contributed by atoms with Crippen molar-refractivity contribution in [2.24, 2.45) is 0 Å². The molecule has 74 valence electrons. The van der Waals surface area contributed by atoms with Crippen molar-refractivity contribution in [2.75, 3.05) is 0 Å². The van der Waals surface area contributed by atoms with E-state index in [4.69, 9.17) is 0 Å². The van der Waals surface area contributed by atoms with Crippen LogP contribution >= 0.6 is 0 Å². The predicted molar refractivity (Wildman–Crippen MR) is 68.9 cm³/mol. The second-order valence-electron chi connectivity index (χ2n) is 3.70. The summed E-state index contributed by atoms with van der Waals surface area (Å²) >= 11 is 0. The van der Waals surface area contributed by atoms with E-state index in [2.05, 4.69) is 50.4 Å². The number of fused-ring (bicyclic) bond motifs is 1. The van der Waals surface area contributed by atoms with Crippen molar-refractivity contribution in [1.29, 1.82) is 0 Å². The normalized spacial score (nSPS) is 10.2. The van der Waals surface area contributed by atoms with Crippen molar-refractivity contribution < 1.29 is 0 Å². The monoisotopic (exact) mass is 194 g/mol. The lowest BCUT2D eigenvalue weighted by Crippen LogP contribution is -1.84. The van der Waals surface area contributed by atoms with E-state index < -0.39 is 0 Å². The van der Waals surface area contributed by atoms with E-state index in [0.29, 0.717) is 0 Å². The maximum absolute atomic E-state index is 3.85. The molecule has 2 rings (SSSR count). The molecule has 0 saturated heterocycles. The highest BCUT2D eigenvalue weighted by molar-refractivity contribution is 5.96. The summed E-state index contributed by atoms with van der Waals surface area (Å²) in [6.45, 7) is 9.80. The Kier molecular flexibility index (Phi) is 2.42. The maximum Gasteiger partial charge on any atom is -0.0103 e. The second kappa shape index (κ2) is 3.74. The van der Waals surface area contributed by atoms with E-state index in [-0.39, 0.29) is 0 Å². The Morgan fingerprint density at radius 3 is 2.33 bits per heavy atom. The Labute approximate surface area is 90.6 Å². The van der Waals surface area contributed by atoms with Crippen LogP contribution in [0.1, 0.15) is 16.7 Å². The number of aryl methyl sites for hydroxylation is 1. The fraction of sp³-hybridized carbons (Fsp3) is 0.0667. The van der Waals surface area contributed by atoms with Crippen LogP contribution in [0.5, 0.6) is 0 Å². The Morgan fingerprint density at radius 2 is 1.67 bits per heavy atom. The van der Waals surface area contributed by atoms with Gasteiger partial charge in [-0.25, -0.2) is 0 Å². The van der Waals surface area contributed by atoms with Crippen LogP contribution in [-0.2, 0) is 0 Å². The summed E-state index contributed by atoms with van der Waals surface area (Å²) in [6, 6.07) is 10.6. The zero-order valence-corrected chi connectivity index (χ0v) is 8.96. The Morgan fingerprint density at radius 1 is 0.933 bits per heavy atom. The van der Waals surface area contributed by atoms with Crippen molar-refractivity contribution in [1.82, 2.24) is 0 Å². The van der Waals surface area contributed by atoms with Crippen LogP contribution in [0.25, 0.3) is 22.9 Å². The zero-order chi connectivity index (χ0) is 10.8. The van der Waals surface area contributed by atoms with Crippen LogP contribution in [0.3, 0.4) is 0 Å². The topological polar surface area (TPSA) is 0 Å². The van der Waals surface area contributed by atoms with E-state index in [9.17, 15) is 0 Å². The van der Waals surface area contributed by atoms with Crippen LogP contribution in [0.4, 0.5) is 0 Å². The predicted octanol–water partition coefficient (Wildman–Crippen LogP) is 4.43. The molecule has 2 aromatic carbocycles. The van der Waals surface area contributed by atoms with Gasteiger partial charge in [-0.2, -0.15) is 0 Å². The van der Waals surface area contributed by atoms with E-state index >= 15 is 0 Å². The van der Waals surface area contributed by atoms with Gasteiger partial charge in [0.15, 0.2) is 0 Å². The van der Waals surface area contributed by atoms with Gasteiger partial charge in [0.25, 0.3) is 0 Å².